The first-order valence-corrected chi connectivity index (χ1v) is 8.05. The summed E-state index contributed by atoms with van der Waals surface area (Å²) in [6.45, 7) is 1.27. The summed E-state index contributed by atoms with van der Waals surface area (Å²) < 4.78 is 0. The van der Waals surface area contributed by atoms with Gasteiger partial charge in [-0.05, 0) is 23.3 Å². The van der Waals surface area contributed by atoms with E-state index in [4.69, 9.17) is 11.6 Å². The number of rotatable bonds is 6. The van der Waals surface area contributed by atoms with Gasteiger partial charge in [0.2, 0.25) is 5.91 Å². The molecule has 2 aromatic carbocycles. The molecule has 0 radical (unpaired) electrons. The summed E-state index contributed by atoms with van der Waals surface area (Å²) in [5, 5.41) is 9.70. The Morgan fingerprint density at radius 3 is 2.16 bits per heavy atom. The Bertz CT molecular complexity index is 677. The zero-order chi connectivity index (χ0) is 17.2. The third kappa shape index (κ3) is 8.22. The average Bonchev–Trinajstić information content (AvgIpc) is 2.62. The fraction of sp³-hybridized carbons (Fsp3) is 0.222. The minimum Gasteiger partial charge on any atom is -0.352 e. The van der Waals surface area contributed by atoms with Gasteiger partial charge in [0.1, 0.15) is 0 Å². The molecule has 2 rings (SSSR count). The quantitative estimate of drug-likeness (QED) is 0.344. The molecule has 0 fully saturated rings. The summed E-state index contributed by atoms with van der Waals surface area (Å²) in [5.41, 5.74) is 2.15. The molecular formula is C18H22ClIN4O. The number of carbonyl (C=O) groups is 1. The second kappa shape index (κ2) is 11.7. The third-order valence-corrected chi connectivity index (χ3v) is 3.60. The maximum Gasteiger partial charge on any atom is 0.239 e. The molecule has 0 unspecified atom stereocenters. The van der Waals surface area contributed by atoms with Crippen LogP contribution in [-0.4, -0.2) is 25.5 Å². The molecule has 0 aliphatic rings. The van der Waals surface area contributed by atoms with Crippen LogP contribution in [0, 0.1) is 0 Å². The Labute approximate surface area is 170 Å². The van der Waals surface area contributed by atoms with Crippen molar-refractivity contribution in [2.75, 3.05) is 13.6 Å². The molecule has 1 amide bonds. The minimum absolute atomic E-state index is 0. The van der Waals surface area contributed by atoms with Crippen LogP contribution in [-0.2, 0) is 17.9 Å². The summed E-state index contributed by atoms with van der Waals surface area (Å²) in [5.74, 6) is 0.480. The van der Waals surface area contributed by atoms with Gasteiger partial charge >= 0.3 is 0 Å². The molecule has 0 spiro atoms. The molecule has 0 aliphatic carbocycles. The molecule has 7 heteroatoms. The number of amides is 1. The Kier molecular flexibility index (Phi) is 9.94. The van der Waals surface area contributed by atoms with Crippen molar-refractivity contribution in [3.8, 4) is 0 Å². The maximum atomic E-state index is 11.9. The van der Waals surface area contributed by atoms with Gasteiger partial charge in [0.25, 0.3) is 0 Å². The van der Waals surface area contributed by atoms with Gasteiger partial charge in [0.15, 0.2) is 5.96 Å². The largest absolute Gasteiger partial charge is 0.352 e. The van der Waals surface area contributed by atoms with Crippen molar-refractivity contribution >= 4 is 47.4 Å². The van der Waals surface area contributed by atoms with Crippen LogP contribution in [0.5, 0.6) is 0 Å². The number of hydrogen-bond acceptors (Lipinski definition) is 2. The van der Waals surface area contributed by atoms with Crippen LogP contribution in [0.4, 0.5) is 0 Å². The van der Waals surface area contributed by atoms with E-state index in [1.165, 1.54) is 0 Å². The Hall–Kier alpha value is -1.80. The van der Waals surface area contributed by atoms with Crippen LogP contribution in [0.2, 0.25) is 5.02 Å². The number of carbonyl (C=O) groups excluding carboxylic acids is 1. The predicted octanol–water partition coefficient (Wildman–Crippen LogP) is 2.94. The normalized spacial score (nSPS) is 10.6. The van der Waals surface area contributed by atoms with E-state index in [2.05, 4.69) is 20.9 Å². The third-order valence-electron chi connectivity index (χ3n) is 3.35. The lowest BCUT2D eigenvalue weighted by Crippen LogP contribution is -2.42. The first kappa shape index (κ1) is 21.2. The number of benzene rings is 2. The number of guanidine groups is 1. The average molecular weight is 473 g/mol. The monoisotopic (exact) mass is 472 g/mol. The summed E-state index contributed by atoms with van der Waals surface area (Å²) in [6, 6.07) is 17.3. The van der Waals surface area contributed by atoms with Gasteiger partial charge in [-0.15, -0.1) is 24.0 Å². The van der Waals surface area contributed by atoms with E-state index in [1.54, 1.807) is 7.05 Å². The fourth-order valence-electron chi connectivity index (χ4n) is 2.03. The predicted molar refractivity (Wildman–Crippen MR) is 113 cm³/mol. The van der Waals surface area contributed by atoms with E-state index in [0.29, 0.717) is 24.1 Å². The van der Waals surface area contributed by atoms with Gasteiger partial charge in [0.05, 0.1) is 6.54 Å². The van der Waals surface area contributed by atoms with Crippen LogP contribution in [0.1, 0.15) is 11.1 Å². The molecule has 0 bridgehead atoms. The Balaban J connectivity index is 0.00000312. The highest BCUT2D eigenvalue weighted by Crippen LogP contribution is 2.08. The summed E-state index contributed by atoms with van der Waals surface area (Å²) in [7, 11) is 1.67. The van der Waals surface area contributed by atoms with Gasteiger partial charge in [-0.25, -0.2) is 0 Å². The molecule has 2 aromatic rings. The lowest BCUT2D eigenvalue weighted by molar-refractivity contribution is -0.120. The van der Waals surface area contributed by atoms with Crippen molar-refractivity contribution in [3.63, 3.8) is 0 Å². The van der Waals surface area contributed by atoms with Gasteiger partial charge < -0.3 is 16.0 Å². The van der Waals surface area contributed by atoms with Gasteiger partial charge in [-0.3, -0.25) is 9.79 Å². The van der Waals surface area contributed by atoms with Gasteiger partial charge in [-0.1, -0.05) is 54.1 Å². The topological polar surface area (TPSA) is 65.5 Å². The maximum absolute atomic E-state index is 11.9. The molecule has 25 heavy (non-hydrogen) atoms. The number of nitrogens with one attached hydrogen (secondary N) is 3. The zero-order valence-corrected chi connectivity index (χ0v) is 17.0. The molecule has 0 aliphatic heterocycles. The van der Waals surface area contributed by atoms with Crippen molar-refractivity contribution in [3.05, 3.63) is 70.7 Å². The second-order valence-corrected chi connectivity index (χ2v) is 5.60. The summed E-state index contributed by atoms with van der Waals surface area (Å²) >= 11 is 5.86. The Morgan fingerprint density at radius 1 is 0.920 bits per heavy atom. The molecule has 0 atom stereocenters. The van der Waals surface area contributed by atoms with Crippen molar-refractivity contribution in [1.82, 2.24) is 16.0 Å². The number of nitrogens with zero attached hydrogens (tertiary/aromatic N) is 1. The van der Waals surface area contributed by atoms with E-state index < -0.39 is 0 Å². The zero-order valence-electron chi connectivity index (χ0n) is 14.0. The first-order chi connectivity index (χ1) is 11.7. The summed E-state index contributed by atoms with van der Waals surface area (Å²) in [4.78, 5) is 16.0. The summed E-state index contributed by atoms with van der Waals surface area (Å²) in [6.07, 6.45) is 0. The highest BCUT2D eigenvalue weighted by Gasteiger charge is 2.03. The van der Waals surface area contributed by atoms with E-state index in [9.17, 15) is 4.79 Å². The second-order valence-electron chi connectivity index (χ2n) is 5.17. The van der Waals surface area contributed by atoms with Crippen molar-refractivity contribution in [2.45, 2.75) is 13.1 Å². The molecule has 0 aromatic heterocycles. The van der Waals surface area contributed by atoms with E-state index in [0.717, 1.165) is 11.1 Å². The standard InChI is InChI=1S/C18H21ClN4O.HI/c1-20-18(22-12-15-7-9-16(19)10-8-15)23-13-17(24)21-11-14-5-3-2-4-6-14;/h2-10H,11-13H2,1H3,(H,21,24)(H2,20,22,23);1H. The smallest absolute Gasteiger partial charge is 0.239 e. The Morgan fingerprint density at radius 2 is 1.52 bits per heavy atom. The first-order valence-electron chi connectivity index (χ1n) is 7.67. The number of aliphatic imine (C=N–C) groups is 1. The number of halogens is 2. The molecular weight excluding hydrogens is 451 g/mol. The van der Waals surface area contributed by atoms with Crippen LogP contribution in [0.25, 0.3) is 0 Å². The lowest BCUT2D eigenvalue weighted by Gasteiger charge is -2.12. The van der Waals surface area contributed by atoms with Crippen LogP contribution in [0.3, 0.4) is 0 Å². The van der Waals surface area contributed by atoms with Crippen LogP contribution >= 0.6 is 35.6 Å². The highest BCUT2D eigenvalue weighted by atomic mass is 127. The van der Waals surface area contributed by atoms with Crippen LogP contribution < -0.4 is 16.0 Å². The van der Waals surface area contributed by atoms with Gasteiger partial charge in [0, 0.05) is 25.2 Å². The van der Waals surface area contributed by atoms with Crippen molar-refractivity contribution in [2.24, 2.45) is 4.99 Å². The van der Waals surface area contributed by atoms with E-state index >= 15 is 0 Å². The van der Waals surface area contributed by atoms with E-state index in [1.807, 2.05) is 54.6 Å². The molecule has 0 saturated heterocycles. The van der Waals surface area contributed by atoms with Crippen LogP contribution in [0.15, 0.2) is 59.6 Å². The number of hydrogen-bond donors (Lipinski definition) is 3. The van der Waals surface area contributed by atoms with E-state index in [-0.39, 0.29) is 36.4 Å². The molecule has 0 heterocycles. The van der Waals surface area contributed by atoms with Gasteiger partial charge in [-0.2, -0.15) is 0 Å². The molecule has 3 N–H and O–H groups in total. The minimum atomic E-state index is -0.0895. The molecule has 5 nitrogen and oxygen atoms in total. The fourth-order valence-corrected chi connectivity index (χ4v) is 2.16. The molecule has 0 saturated carbocycles. The van der Waals surface area contributed by atoms with Crippen molar-refractivity contribution in [1.29, 1.82) is 0 Å². The lowest BCUT2D eigenvalue weighted by atomic mass is 10.2. The van der Waals surface area contributed by atoms with Crippen molar-refractivity contribution < 1.29 is 4.79 Å². The SMILES string of the molecule is CN=C(NCC(=O)NCc1ccccc1)NCc1ccc(Cl)cc1.I. The highest BCUT2D eigenvalue weighted by molar-refractivity contribution is 14.0. The molecule has 134 valence electrons.